The molecule has 1 aromatic carbocycles. The van der Waals surface area contributed by atoms with Crippen LogP contribution < -0.4 is 4.74 Å². The van der Waals surface area contributed by atoms with Gasteiger partial charge in [0.2, 0.25) is 0 Å². The van der Waals surface area contributed by atoms with Gasteiger partial charge < -0.3 is 9.53 Å². The van der Waals surface area contributed by atoms with Gasteiger partial charge in [-0.2, -0.15) is 0 Å². The Morgan fingerprint density at radius 3 is 2.40 bits per heavy atom. The molecule has 0 saturated carbocycles. The third-order valence-electron chi connectivity index (χ3n) is 2.29. The van der Waals surface area contributed by atoms with Crippen molar-refractivity contribution in [2.24, 2.45) is 0 Å². The molecule has 1 unspecified atom stereocenters. The molecule has 0 saturated heterocycles. The Morgan fingerprint density at radius 2 is 1.93 bits per heavy atom. The zero-order valence-electron chi connectivity index (χ0n) is 9.78. The molecule has 2 nitrogen and oxygen atoms in total. The first-order valence-corrected chi connectivity index (χ1v) is 5.27. The van der Waals surface area contributed by atoms with Gasteiger partial charge in [-0.05, 0) is 38.0 Å². The fourth-order valence-corrected chi connectivity index (χ4v) is 1.42. The Morgan fingerprint density at radius 1 is 1.27 bits per heavy atom. The van der Waals surface area contributed by atoms with Gasteiger partial charge in [0, 0.05) is 5.92 Å². The van der Waals surface area contributed by atoms with Crippen LogP contribution >= 0.6 is 0 Å². The molecule has 0 aromatic heterocycles. The van der Waals surface area contributed by atoms with Crippen LogP contribution in [0.3, 0.4) is 0 Å². The van der Waals surface area contributed by atoms with Crippen LogP contribution in [0, 0.1) is 6.92 Å². The Hall–Kier alpha value is -1.31. The van der Waals surface area contributed by atoms with Crippen molar-refractivity contribution in [3.63, 3.8) is 0 Å². The molecule has 1 aromatic rings. The topological polar surface area (TPSA) is 26.3 Å². The molecular formula is C13H18O2. The van der Waals surface area contributed by atoms with E-state index >= 15 is 0 Å². The average molecular weight is 206 g/mol. The van der Waals surface area contributed by atoms with Crippen molar-refractivity contribution in [3.05, 3.63) is 29.3 Å². The van der Waals surface area contributed by atoms with Crippen LogP contribution in [-0.4, -0.2) is 12.4 Å². The Balaban J connectivity index is 2.92. The number of aryl methyl sites for hydroxylation is 1. The number of benzene rings is 1. The Labute approximate surface area is 91.3 Å². The predicted octanol–water partition coefficient (Wildman–Crippen LogP) is 3.08. The van der Waals surface area contributed by atoms with E-state index in [2.05, 4.69) is 0 Å². The maximum atomic E-state index is 10.6. The second kappa shape index (κ2) is 4.96. The molecule has 0 heterocycles. The molecule has 15 heavy (non-hydrogen) atoms. The van der Waals surface area contributed by atoms with E-state index in [1.165, 1.54) is 0 Å². The zero-order chi connectivity index (χ0) is 11.4. The van der Waals surface area contributed by atoms with Crippen molar-refractivity contribution in [1.82, 2.24) is 0 Å². The Kier molecular flexibility index (Phi) is 3.89. The fourth-order valence-electron chi connectivity index (χ4n) is 1.42. The lowest BCUT2D eigenvalue weighted by Crippen LogP contribution is -2.07. The standard InChI is InChI=1S/C13H18O2/c1-9(2)15-13-6-5-12(7-10(13)3)11(4)8-14/h5-9,11H,1-4H3. The Bertz CT molecular complexity index is 342. The number of rotatable bonds is 4. The molecule has 0 spiro atoms. The van der Waals surface area contributed by atoms with Gasteiger partial charge in [0.25, 0.3) is 0 Å². The maximum Gasteiger partial charge on any atom is 0.127 e. The summed E-state index contributed by atoms with van der Waals surface area (Å²) < 4.78 is 5.63. The fraction of sp³-hybridized carbons (Fsp3) is 0.462. The van der Waals surface area contributed by atoms with Gasteiger partial charge >= 0.3 is 0 Å². The number of carbonyl (C=O) groups is 1. The van der Waals surface area contributed by atoms with E-state index in [4.69, 9.17) is 4.74 Å². The highest BCUT2D eigenvalue weighted by Crippen LogP contribution is 2.23. The quantitative estimate of drug-likeness (QED) is 0.708. The summed E-state index contributed by atoms with van der Waals surface area (Å²) in [7, 11) is 0. The molecule has 0 aliphatic rings. The number of carbonyl (C=O) groups excluding carboxylic acids is 1. The van der Waals surface area contributed by atoms with Crippen LogP contribution in [0.4, 0.5) is 0 Å². The smallest absolute Gasteiger partial charge is 0.127 e. The highest BCUT2D eigenvalue weighted by Gasteiger charge is 2.07. The van der Waals surface area contributed by atoms with Gasteiger partial charge in [-0.3, -0.25) is 0 Å². The molecule has 0 aliphatic heterocycles. The van der Waals surface area contributed by atoms with Crippen molar-refractivity contribution >= 4 is 6.29 Å². The van der Waals surface area contributed by atoms with Crippen LogP contribution in [0.15, 0.2) is 18.2 Å². The number of ether oxygens (including phenoxy) is 1. The number of hydrogen-bond donors (Lipinski definition) is 0. The summed E-state index contributed by atoms with van der Waals surface area (Å²) in [4.78, 5) is 10.6. The lowest BCUT2D eigenvalue weighted by molar-refractivity contribution is -0.108. The normalized spacial score (nSPS) is 12.6. The van der Waals surface area contributed by atoms with E-state index in [0.29, 0.717) is 0 Å². The monoisotopic (exact) mass is 206 g/mol. The molecule has 0 aliphatic carbocycles. The third kappa shape index (κ3) is 3.08. The summed E-state index contributed by atoms with van der Waals surface area (Å²) in [6, 6.07) is 5.89. The zero-order valence-corrected chi connectivity index (χ0v) is 9.78. The summed E-state index contributed by atoms with van der Waals surface area (Å²) in [6.07, 6.45) is 1.13. The summed E-state index contributed by atoms with van der Waals surface area (Å²) in [5, 5.41) is 0. The van der Waals surface area contributed by atoms with Gasteiger partial charge in [-0.25, -0.2) is 0 Å². The molecule has 1 atom stereocenters. The highest BCUT2D eigenvalue weighted by molar-refractivity contribution is 5.62. The molecular weight excluding hydrogens is 188 g/mol. The van der Waals surface area contributed by atoms with Crippen molar-refractivity contribution in [2.75, 3.05) is 0 Å². The van der Waals surface area contributed by atoms with E-state index in [9.17, 15) is 4.79 Å². The summed E-state index contributed by atoms with van der Waals surface area (Å²) >= 11 is 0. The van der Waals surface area contributed by atoms with E-state index in [-0.39, 0.29) is 12.0 Å². The largest absolute Gasteiger partial charge is 0.491 e. The summed E-state index contributed by atoms with van der Waals surface area (Å²) in [5.74, 6) is 0.851. The molecule has 82 valence electrons. The third-order valence-corrected chi connectivity index (χ3v) is 2.29. The molecule has 2 heteroatoms. The lowest BCUT2D eigenvalue weighted by Gasteiger charge is -2.14. The SMILES string of the molecule is Cc1cc(C(C)C=O)ccc1OC(C)C. The first-order chi connectivity index (χ1) is 7.04. The molecule has 0 fully saturated rings. The average Bonchev–Trinajstić information content (AvgIpc) is 2.19. The van der Waals surface area contributed by atoms with Crippen molar-refractivity contribution in [1.29, 1.82) is 0 Å². The van der Waals surface area contributed by atoms with Crippen LogP contribution in [-0.2, 0) is 4.79 Å². The van der Waals surface area contributed by atoms with Crippen LogP contribution in [0.2, 0.25) is 0 Å². The van der Waals surface area contributed by atoms with E-state index < -0.39 is 0 Å². The molecule has 0 radical (unpaired) electrons. The van der Waals surface area contributed by atoms with Gasteiger partial charge in [0.1, 0.15) is 12.0 Å². The summed E-state index contributed by atoms with van der Waals surface area (Å²) in [6.45, 7) is 7.90. The van der Waals surface area contributed by atoms with Gasteiger partial charge in [-0.15, -0.1) is 0 Å². The molecule has 0 amide bonds. The highest BCUT2D eigenvalue weighted by atomic mass is 16.5. The second-order valence-electron chi connectivity index (χ2n) is 4.12. The summed E-state index contributed by atoms with van der Waals surface area (Å²) in [5.41, 5.74) is 2.12. The van der Waals surface area contributed by atoms with E-state index in [1.807, 2.05) is 45.9 Å². The molecule has 0 bridgehead atoms. The first kappa shape index (κ1) is 11.8. The van der Waals surface area contributed by atoms with E-state index in [1.54, 1.807) is 0 Å². The minimum atomic E-state index is -0.0446. The van der Waals surface area contributed by atoms with Crippen LogP contribution in [0.25, 0.3) is 0 Å². The number of hydrogen-bond acceptors (Lipinski definition) is 2. The van der Waals surface area contributed by atoms with Crippen molar-refractivity contribution in [3.8, 4) is 5.75 Å². The van der Waals surface area contributed by atoms with Gasteiger partial charge in [0.05, 0.1) is 6.10 Å². The molecule has 0 N–H and O–H groups in total. The van der Waals surface area contributed by atoms with Crippen LogP contribution in [0.1, 0.15) is 37.8 Å². The second-order valence-corrected chi connectivity index (χ2v) is 4.12. The van der Waals surface area contributed by atoms with Crippen LogP contribution in [0.5, 0.6) is 5.75 Å². The van der Waals surface area contributed by atoms with Crippen molar-refractivity contribution < 1.29 is 9.53 Å². The number of aldehydes is 1. The van der Waals surface area contributed by atoms with Gasteiger partial charge in [0.15, 0.2) is 0 Å². The molecule has 1 rings (SSSR count). The van der Waals surface area contributed by atoms with Gasteiger partial charge in [-0.1, -0.05) is 19.1 Å². The predicted molar refractivity (Wildman–Crippen MR) is 61.4 cm³/mol. The maximum absolute atomic E-state index is 10.6. The van der Waals surface area contributed by atoms with Crippen molar-refractivity contribution in [2.45, 2.75) is 39.7 Å². The first-order valence-electron chi connectivity index (χ1n) is 5.27. The minimum Gasteiger partial charge on any atom is -0.491 e. The van der Waals surface area contributed by atoms with E-state index in [0.717, 1.165) is 23.2 Å². The lowest BCUT2D eigenvalue weighted by atomic mass is 10.0. The minimum absolute atomic E-state index is 0.0446.